The smallest absolute Gasteiger partial charge is 0.316 e. The van der Waals surface area contributed by atoms with Crippen molar-refractivity contribution in [2.45, 2.75) is 12.8 Å². The number of carbonyl (C=O) groups is 2. The van der Waals surface area contributed by atoms with Gasteiger partial charge in [0.05, 0.1) is 7.11 Å². The number of esters is 1. The second kappa shape index (κ2) is 7.39. The first-order valence-corrected chi connectivity index (χ1v) is 6.93. The first-order valence-electron chi connectivity index (χ1n) is 6.93. The number of hydrogen-bond donors (Lipinski definition) is 0. The third kappa shape index (κ3) is 4.02. The van der Waals surface area contributed by atoms with Crippen LogP contribution >= 0.6 is 0 Å². The highest BCUT2D eigenvalue weighted by Gasteiger charge is 2.28. The molecule has 0 saturated heterocycles. The molecule has 2 rings (SSSR count). The van der Waals surface area contributed by atoms with E-state index in [1.807, 2.05) is 36.4 Å². The lowest BCUT2D eigenvalue weighted by Gasteiger charge is -2.13. The van der Waals surface area contributed by atoms with E-state index >= 15 is 0 Å². The van der Waals surface area contributed by atoms with Crippen molar-refractivity contribution in [3.63, 3.8) is 0 Å². The van der Waals surface area contributed by atoms with Crippen molar-refractivity contribution in [1.29, 1.82) is 0 Å². The van der Waals surface area contributed by atoms with Crippen LogP contribution in [-0.4, -0.2) is 18.9 Å². The highest BCUT2D eigenvalue weighted by atomic mass is 16.5. The van der Waals surface area contributed by atoms with E-state index in [4.69, 9.17) is 4.74 Å². The van der Waals surface area contributed by atoms with Gasteiger partial charge in [-0.1, -0.05) is 60.7 Å². The van der Waals surface area contributed by atoms with Crippen LogP contribution in [0.2, 0.25) is 0 Å². The van der Waals surface area contributed by atoms with E-state index in [0.717, 1.165) is 5.56 Å². The lowest BCUT2D eigenvalue weighted by molar-refractivity contribution is -0.143. The zero-order valence-corrected chi connectivity index (χ0v) is 12.0. The van der Waals surface area contributed by atoms with E-state index in [1.165, 1.54) is 7.11 Å². The SMILES string of the molecule is COC(=O)C(CCc1ccccc1)C(=O)c1ccccc1. The maximum absolute atomic E-state index is 12.5. The molecule has 1 unspecified atom stereocenters. The summed E-state index contributed by atoms with van der Waals surface area (Å²) in [5, 5.41) is 0. The first kappa shape index (κ1) is 15.0. The number of ketones is 1. The molecule has 0 saturated carbocycles. The Bertz CT molecular complexity index is 590. The van der Waals surface area contributed by atoms with Crippen LogP contribution in [0.1, 0.15) is 22.3 Å². The van der Waals surface area contributed by atoms with Crippen LogP contribution < -0.4 is 0 Å². The largest absolute Gasteiger partial charge is 0.468 e. The molecule has 0 bridgehead atoms. The van der Waals surface area contributed by atoms with Crippen LogP contribution in [0.5, 0.6) is 0 Å². The number of benzene rings is 2. The summed E-state index contributed by atoms with van der Waals surface area (Å²) >= 11 is 0. The van der Waals surface area contributed by atoms with Crippen molar-refractivity contribution in [1.82, 2.24) is 0 Å². The van der Waals surface area contributed by atoms with Gasteiger partial charge in [-0.3, -0.25) is 9.59 Å². The van der Waals surface area contributed by atoms with E-state index in [9.17, 15) is 9.59 Å². The molecule has 0 aliphatic carbocycles. The van der Waals surface area contributed by atoms with Crippen LogP contribution in [-0.2, 0) is 16.0 Å². The summed E-state index contributed by atoms with van der Waals surface area (Å²) in [5.41, 5.74) is 1.65. The van der Waals surface area contributed by atoms with Gasteiger partial charge in [0.1, 0.15) is 5.92 Å². The summed E-state index contributed by atoms with van der Waals surface area (Å²) in [4.78, 5) is 24.4. The van der Waals surface area contributed by atoms with E-state index in [-0.39, 0.29) is 5.78 Å². The zero-order chi connectivity index (χ0) is 15.1. The molecule has 0 N–H and O–H groups in total. The molecule has 0 fully saturated rings. The number of Topliss-reactive ketones (excluding diaryl/α,β-unsaturated/α-hetero) is 1. The summed E-state index contributed by atoms with van der Waals surface area (Å²) in [7, 11) is 1.32. The fourth-order valence-electron chi connectivity index (χ4n) is 2.26. The average molecular weight is 282 g/mol. The lowest BCUT2D eigenvalue weighted by Crippen LogP contribution is -2.26. The predicted octanol–water partition coefficient (Wildman–Crippen LogP) is 3.29. The van der Waals surface area contributed by atoms with Gasteiger partial charge in [0, 0.05) is 5.56 Å². The minimum atomic E-state index is -0.752. The van der Waals surface area contributed by atoms with Crippen LogP contribution in [0.25, 0.3) is 0 Å². The summed E-state index contributed by atoms with van der Waals surface area (Å²) in [6.07, 6.45) is 1.11. The van der Waals surface area contributed by atoms with Gasteiger partial charge in [-0.05, 0) is 18.4 Å². The van der Waals surface area contributed by atoms with Gasteiger partial charge in [-0.2, -0.15) is 0 Å². The number of rotatable bonds is 6. The molecule has 0 aliphatic heterocycles. The fraction of sp³-hybridized carbons (Fsp3) is 0.222. The molecule has 0 aromatic heterocycles. The number of methoxy groups -OCH3 is 1. The number of hydrogen-bond acceptors (Lipinski definition) is 3. The van der Waals surface area contributed by atoms with Gasteiger partial charge in [0.2, 0.25) is 0 Å². The van der Waals surface area contributed by atoms with Crippen molar-refractivity contribution < 1.29 is 14.3 Å². The Kier molecular flexibility index (Phi) is 5.27. The summed E-state index contributed by atoms with van der Waals surface area (Å²) in [6, 6.07) is 18.7. The molecule has 1 atom stereocenters. The number of ether oxygens (including phenoxy) is 1. The van der Waals surface area contributed by atoms with Crippen LogP contribution in [0.4, 0.5) is 0 Å². The third-order valence-corrected chi connectivity index (χ3v) is 3.43. The average Bonchev–Trinajstić information content (AvgIpc) is 2.56. The summed E-state index contributed by atoms with van der Waals surface area (Å²) in [6.45, 7) is 0. The van der Waals surface area contributed by atoms with Gasteiger partial charge in [-0.15, -0.1) is 0 Å². The topological polar surface area (TPSA) is 43.4 Å². The van der Waals surface area contributed by atoms with Gasteiger partial charge in [0.25, 0.3) is 0 Å². The Labute approximate surface area is 124 Å². The summed E-state index contributed by atoms with van der Waals surface area (Å²) < 4.78 is 4.78. The van der Waals surface area contributed by atoms with Crippen molar-refractivity contribution >= 4 is 11.8 Å². The zero-order valence-electron chi connectivity index (χ0n) is 12.0. The molecule has 0 heterocycles. The minimum Gasteiger partial charge on any atom is -0.468 e. The van der Waals surface area contributed by atoms with Gasteiger partial charge >= 0.3 is 5.97 Å². The summed E-state index contributed by atoms with van der Waals surface area (Å²) in [5.74, 6) is -1.41. The second-order valence-electron chi connectivity index (χ2n) is 4.83. The second-order valence-corrected chi connectivity index (χ2v) is 4.83. The fourth-order valence-corrected chi connectivity index (χ4v) is 2.26. The normalized spacial score (nSPS) is 11.7. The molecule has 2 aromatic carbocycles. The number of carbonyl (C=O) groups excluding carboxylic acids is 2. The quantitative estimate of drug-likeness (QED) is 0.464. The molecule has 0 aliphatic rings. The van der Waals surface area contributed by atoms with Crippen LogP contribution in [0.3, 0.4) is 0 Å². The molecule has 0 radical (unpaired) electrons. The van der Waals surface area contributed by atoms with E-state index < -0.39 is 11.9 Å². The Hall–Kier alpha value is -2.42. The molecular formula is C18H18O3. The molecule has 108 valence electrons. The Balaban J connectivity index is 2.11. The molecule has 3 heteroatoms. The van der Waals surface area contributed by atoms with Crippen molar-refractivity contribution in [3.05, 3.63) is 71.8 Å². The van der Waals surface area contributed by atoms with Crippen molar-refractivity contribution in [2.75, 3.05) is 7.11 Å². The Morgan fingerprint density at radius 3 is 2.10 bits per heavy atom. The monoisotopic (exact) mass is 282 g/mol. The first-order chi connectivity index (χ1) is 10.2. The lowest BCUT2D eigenvalue weighted by atomic mass is 9.91. The minimum absolute atomic E-state index is 0.182. The number of aryl methyl sites for hydroxylation is 1. The van der Waals surface area contributed by atoms with Gasteiger partial charge in [-0.25, -0.2) is 0 Å². The Morgan fingerprint density at radius 1 is 0.952 bits per heavy atom. The van der Waals surface area contributed by atoms with Crippen molar-refractivity contribution in [2.24, 2.45) is 5.92 Å². The van der Waals surface area contributed by atoms with Crippen molar-refractivity contribution in [3.8, 4) is 0 Å². The highest BCUT2D eigenvalue weighted by Crippen LogP contribution is 2.17. The predicted molar refractivity (Wildman–Crippen MR) is 81.0 cm³/mol. The highest BCUT2D eigenvalue weighted by molar-refractivity contribution is 6.08. The van der Waals surface area contributed by atoms with Gasteiger partial charge < -0.3 is 4.74 Å². The van der Waals surface area contributed by atoms with Crippen LogP contribution in [0.15, 0.2) is 60.7 Å². The maximum Gasteiger partial charge on any atom is 0.316 e. The van der Waals surface area contributed by atoms with Crippen LogP contribution in [0, 0.1) is 5.92 Å². The maximum atomic E-state index is 12.5. The molecule has 0 amide bonds. The van der Waals surface area contributed by atoms with E-state index in [0.29, 0.717) is 18.4 Å². The standard InChI is InChI=1S/C18H18O3/c1-21-18(20)16(13-12-14-8-4-2-5-9-14)17(19)15-10-6-3-7-11-15/h2-11,16H,12-13H2,1H3. The molecular weight excluding hydrogens is 264 g/mol. The molecule has 2 aromatic rings. The van der Waals surface area contributed by atoms with Gasteiger partial charge in [0.15, 0.2) is 5.78 Å². The van der Waals surface area contributed by atoms with E-state index in [1.54, 1.807) is 24.3 Å². The molecule has 3 nitrogen and oxygen atoms in total. The molecule has 21 heavy (non-hydrogen) atoms. The Morgan fingerprint density at radius 2 is 1.52 bits per heavy atom. The third-order valence-electron chi connectivity index (χ3n) is 3.43. The van der Waals surface area contributed by atoms with E-state index in [2.05, 4.69) is 0 Å². The molecule has 0 spiro atoms.